The molecule has 5 nitrogen and oxygen atoms in total. The average Bonchev–Trinajstić information content (AvgIpc) is 2.89. The van der Waals surface area contributed by atoms with Crippen LogP contribution in [0.15, 0.2) is 41.4 Å². The highest BCUT2D eigenvalue weighted by molar-refractivity contribution is 9.10. The molecule has 0 amide bonds. The lowest BCUT2D eigenvalue weighted by atomic mass is 10.3. The molecule has 2 aromatic heterocycles. The molecule has 0 fully saturated rings. The number of imidazole rings is 1. The molecular weight excluding hydrogens is 344 g/mol. The zero-order valence-electron chi connectivity index (χ0n) is 10.5. The van der Waals surface area contributed by atoms with Gasteiger partial charge in [0.25, 0.3) is 0 Å². The number of rotatable bonds is 3. The minimum Gasteiger partial charge on any atom is -0.495 e. The van der Waals surface area contributed by atoms with Gasteiger partial charge in [0.1, 0.15) is 10.4 Å². The number of methoxy groups -OCH3 is 1. The minimum atomic E-state index is 0.561. The Morgan fingerprint density at radius 3 is 3.05 bits per heavy atom. The molecule has 20 heavy (non-hydrogen) atoms. The van der Waals surface area contributed by atoms with Crippen LogP contribution in [0.4, 0.5) is 11.5 Å². The lowest BCUT2D eigenvalue weighted by Crippen LogP contribution is -1.99. The van der Waals surface area contributed by atoms with Gasteiger partial charge >= 0.3 is 0 Å². The molecular formula is C13H10BrClN4O. The maximum atomic E-state index is 6.01. The van der Waals surface area contributed by atoms with Gasteiger partial charge in [-0.1, -0.05) is 11.6 Å². The summed E-state index contributed by atoms with van der Waals surface area (Å²) in [7, 11) is 1.58. The first kappa shape index (κ1) is 13.2. The van der Waals surface area contributed by atoms with E-state index in [1.165, 1.54) is 0 Å². The summed E-state index contributed by atoms with van der Waals surface area (Å²) in [5.74, 6) is 1.25. The predicted octanol–water partition coefficient (Wildman–Crippen LogP) is 3.90. The predicted molar refractivity (Wildman–Crippen MR) is 82.0 cm³/mol. The lowest BCUT2D eigenvalue weighted by molar-refractivity contribution is 0.415. The molecule has 0 spiro atoms. The zero-order valence-corrected chi connectivity index (χ0v) is 12.8. The first-order valence-electron chi connectivity index (χ1n) is 5.77. The molecule has 0 aliphatic carbocycles. The van der Waals surface area contributed by atoms with Gasteiger partial charge in [-0.2, -0.15) is 0 Å². The molecule has 0 unspecified atom stereocenters. The summed E-state index contributed by atoms with van der Waals surface area (Å²) in [6, 6.07) is 5.43. The van der Waals surface area contributed by atoms with Gasteiger partial charge in [-0.15, -0.1) is 0 Å². The van der Waals surface area contributed by atoms with E-state index >= 15 is 0 Å². The number of aromatic nitrogens is 3. The Morgan fingerprint density at radius 2 is 2.25 bits per heavy atom. The zero-order chi connectivity index (χ0) is 14.1. The van der Waals surface area contributed by atoms with Crippen molar-refractivity contribution < 1.29 is 4.74 Å². The van der Waals surface area contributed by atoms with Crippen molar-refractivity contribution in [1.29, 1.82) is 0 Å². The molecule has 2 heterocycles. The maximum absolute atomic E-state index is 6.01. The molecule has 3 aromatic rings. The molecule has 3 rings (SSSR count). The number of hydrogen-bond acceptors (Lipinski definition) is 4. The summed E-state index contributed by atoms with van der Waals surface area (Å²) < 4.78 is 7.79. The summed E-state index contributed by atoms with van der Waals surface area (Å²) >= 11 is 9.39. The van der Waals surface area contributed by atoms with Gasteiger partial charge in [-0.05, 0) is 28.1 Å². The van der Waals surface area contributed by atoms with Crippen LogP contribution in [0.25, 0.3) is 5.65 Å². The Labute approximate surface area is 128 Å². The van der Waals surface area contributed by atoms with E-state index < -0.39 is 0 Å². The van der Waals surface area contributed by atoms with E-state index in [1.807, 2.05) is 28.9 Å². The number of nitrogens with one attached hydrogen (secondary N) is 1. The monoisotopic (exact) mass is 352 g/mol. The third-order valence-corrected chi connectivity index (χ3v) is 3.45. The summed E-state index contributed by atoms with van der Waals surface area (Å²) in [6.45, 7) is 0. The number of halogens is 2. The quantitative estimate of drug-likeness (QED) is 0.776. The first-order chi connectivity index (χ1) is 9.67. The van der Waals surface area contributed by atoms with Crippen molar-refractivity contribution in [3.05, 3.63) is 46.4 Å². The molecule has 0 aliphatic rings. The molecule has 0 aliphatic heterocycles. The summed E-state index contributed by atoms with van der Waals surface area (Å²) in [6.07, 6.45) is 5.42. The smallest absolute Gasteiger partial charge is 0.180 e. The molecule has 1 N–H and O–H groups in total. The van der Waals surface area contributed by atoms with E-state index in [1.54, 1.807) is 19.4 Å². The molecule has 102 valence electrons. The van der Waals surface area contributed by atoms with E-state index in [0.717, 1.165) is 11.3 Å². The second-order valence-electron chi connectivity index (χ2n) is 4.04. The van der Waals surface area contributed by atoms with Crippen LogP contribution in [0.1, 0.15) is 0 Å². The van der Waals surface area contributed by atoms with Crippen LogP contribution in [-0.2, 0) is 0 Å². The number of anilines is 2. The third kappa shape index (κ3) is 2.44. The molecule has 0 atom stereocenters. The van der Waals surface area contributed by atoms with Crippen LogP contribution in [0.2, 0.25) is 5.02 Å². The number of ether oxygens (including phenoxy) is 1. The molecule has 0 bridgehead atoms. The number of nitrogens with zero attached hydrogens (tertiary/aromatic N) is 3. The van der Waals surface area contributed by atoms with Gasteiger partial charge in [-0.25, -0.2) is 9.97 Å². The summed E-state index contributed by atoms with van der Waals surface area (Å²) in [5, 5.41) is 3.77. The normalized spacial score (nSPS) is 10.8. The third-order valence-electron chi connectivity index (χ3n) is 2.76. The fourth-order valence-corrected chi connectivity index (χ4v) is 2.45. The van der Waals surface area contributed by atoms with Crippen molar-refractivity contribution >= 4 is 44.7 Å². The van der Waals surface area contributed by atoms with Gasteiger partial charge in [0, 0.05) is 30.3 Å². The van der Waals surface area contributed by atoms with Crippen molar-refractivity contribution in [2.24, 2.45) is 0 Å². The van der Waals surface area contributed by atoms with Crippen LogP contribution >= 0.6 is 27.5 Å². The van der Waals surface area contributed by atoms with E-state index in [0.29, 0.717) is 21.2 Å². The Bertz CT molecular complexity index is 774. The number of fused-ring (bicyclic) bond motifs is 1. The largest absolute Gasteiger partial charge is 0.495 e. The van der Waals surface area contributed by atoms with E-state index in [-0.39, 0.29) is 0 Å². The fourth-order valence-electron chi connectivity index (χ4n) is 1.86. The molecule has 0 saturated heterocycles. The second kappa shape index (κ2) is 5.30. The van der Waals surface area contributed by atoms with Crippen molar-refractivity contribution in [3.63, 3.8) is 0 Å². The summed E-state index contributed by atoms with van der Waals surface area (Å²) in [4.78, 5) is 8.67. The van der Waals surface area contributed by atoms with Crippen molar-refractivity contribution in [1.82, 2.24) is 14.4 Å². The highest BCUT2D eigenvalue weighted by Gasteiger charge is 2.08. The lowest BCUT2D eigenvalue weighted by Gasteiger charge is -2.10. The minimum absolute atomic E-state index is 0.561. The number of benzene rings is 1. The van der Waals surface area contributed by atoms with Crippen LogP contribution in [0.3, 0.4) is 0 Å². The molecule has 7 heteroatoms. The maximum Gasteiger partial charge on any atom is 0.180 e. The van der Waals surface area contributed by atoms with Crippen molar-refractivity contribution in [3.8, 4) is 5.75 Å². The average molecular weight is 354 g/mol. The van der Waals surface area contributed by atoms with Crippen molar-refractivity contribution in [2.45, 2.75) is 0 Å². The Morgan fingerprint density at radius 1 is 1.40 bits per heavy atom. The van der Waals surface area contributed by atoms with E-state index in [4.69, 9.17) is 16.3 Å². The highest BCUT2D eigenvalue weighted by Crippen LogP contribution is 2.29. The number of hydrogen-bond donors (Lipinski definition) is 1. The molecule has 1 aromatic carbocycles. The SMILES string of the molecule is COc1cc(Nc2nc(Br)cn3ccnc23)ccc1Cl. The highest BCUT2D eigenvalue weighted by atomic mass is 79.9. The van der Waals surface area contributed by atoms with Gasteiger partial charge in [0.05, 0.1) is 12.1 Å². The van der Waals surface area contributed by atoms with Crippen LogP contribution < -0.4 is 10.1 Å². The van der Waals surface area contributed by atoms with Crippen LogP contribution in [0, 0.1) is 0 Å². The van der Waals surface area contributed by atoms with E-state index in [9.17, 15) is 0 Å². The van der Waals surface area contributed by atoms with E-state index in [2.05, 4.69) is 31.2 Å². The van der Waals surface area contributed by atoms with Crippen molar-refractivity contribution in [2.75, 3.05) is 12.4 Å². The van der Waals surface area contributed by atoms with Gasteiger partial charge < -0.3 is 14.5 Å². The molecule has 0 radical (unpaired) electrons. The van der Waals surface area contributed by atoms with Gasteiger partial charge in [0.2, 0.25) is 0 Å². The molecule has 0 saturated carbocycles. The van der Waals surface area contributed by atoms with Gasteiger partial charge in [0.15, 0.2) is 11.5 Å². The van der Waals surface area contributed by atoms with Gasteiger partial charge in [-0.3, -0.25) is 0 Å². The standard InChI is InChI=1S/C13H10BrClN4O/c1-20-10-6-8(2-3-9(10)15)17-12-13-16-4-5-19(13)7-11(14)18-12/h2-7H,1H3,(H,17,18). The Balaban J connectivity index is 2.02. The van der Waals surface area contributed by atoms with Crippen LogP contribution in [-0.4, -0.2) is 21.5 Å². The Hall–Kier alpha value is -1.79. The topological polar surface area (TPSA) is 51.5 Å². The Kier molecular flexibility index (Phi) is 3.50. The van der Waals surface area contributed by atoms with Crippen LogP contribution in [0.5, 0.6) is 5.75 Å². The summed E-state index contributed by atoms with van der Waals surface area (Å²) in [5.41, 5.74) is 1.56. The second-order valence-corrected chi connectivity index (χ2v) is 5.26. The first-order valence-corrected chi connectivity index (χ1v) is 6.94. The fraction of sp³-hybridized carbons (Fsp3) is 0.0769.